The second kappa shape index (κ2) is 8.87. The Labute approximate surface area is 186 Å². The number of fused-ring (bicyclic) bond motifs is 1. The van der Waals surface area contributed by atoms with Gasteiger partial charge in [-0.05, 0) is 32.9 Å². The Morgan fingerprint density at radius 2 is 2.09 bits per heavy atom. The Morgan fingerprint density at radius 1 is 1.25 bits per heavy atom. The van der Waals surface area contributed by atoms with E-state index in [4.69, 9.17) is 18.8 Å². The van der Waals surface area contributed by atoms with Crippen LogP contribution in [0.25, 0.3) is 11.4 Å². The van der Waals surface area contributed by atoms with Crippen molar-refractivity contribution in [3.63, 3.8) is 0 Å². The molecular weight excluding hydrogens is 412 g/mol. The Hall–Kier alpha value is -2.98. The third-order valence-electron chi connectivity index (χ3n) is 6.37. The number of nitrogens with zero attached hydrogens (tertiary/aromatic N) is 6. The summed E-state index contributed by atoms with van der Waals surface area (Å²) in [6.45, 7) is 6.93. The first-order valence-electron chi connectivity index (χ1n) is 11.1. The molecule has 170 valence electrons. The highest BCUT2D eigenvalue weighted by molar-refractivity contribution is 5.94. The Bertz CT molecular complexity index is 1080. The summed E-state index contributed by atoms with van der Waals surface area (Å²) in [4.78, 5) is 22.0. The van der Waals surface area contributed by atoms with Crippen molar-refractivity contribution in [2.75, 3.05) is 33.4 Å². The predicted octanol–water partition coefficient (Wildman–Crippen LogP) is 2.28. The molecule has 32 heavy (non-hydrogen) atoms. The van der Waals surface area contributed by atoms with Crippen molar-refractivity contribution in [2.24, 2.45) is 0 Å². The molecule has 0 spiro atoms. The maximum absolute atomic E-state index is 13.5. The van der Waals surface area contributed by atoms with Crippen LogP contribution in [0.2, 0.25) is 0 Å². The SMILES string of the molecule is COCCn1nc(-c2cocn2)c2c1CCN(C(=O)c1noc(C)c1CN1CCCC1)C2. The average molecular weight is 441 g/mol. The Morgan fingerprint density at radius 3 is 2.84 bits per heavy atom. The largest absolute Gasteiger partial charge is 0.451 e. The lowest BCUT2D eigenvalue weighted by Gasteiger charge is -2.27. The van der Waals surface area contributed by atoms with Gasteiger partial charge in [-0.3, -0.25) is 14.4 Å². The summed E-state index contributed by atoms with van der Waals surface area (Å²) in [6, 6.07) is 0. The van der Waals surface area contributed by atoms with Gasteiger partial charge in [0.15, 0.2) is 12.1 Å². The summed E-state index contributed by atoms with van der Waals surface area (Å²) in [7, 11) is 1.68. The molecule has 5 rings (SSSR count). The number of aromatic nitrogens is 4. The molecule has 0 N–H and O–H groups in total. The summed E-state index contributed by atoms with van der Waals surface area (Å²) < 4.78 is 17.8. The van der Waals surface area contributed by atoms with E-state index in [0.717, 1.165) is 35.6 Å². The first-order chi connectivity index (χ1) is 15.7. The van der Waals surface area contributed by atoms with Crippen LogP contribution < -0.4 is 0 Å². The molecule has 0 saturated carbocycles. The van der Waals surface area contributed by atoms with Gasteiger partial charge >= 0.3 is 0 Å². The van der Waals surface area contributed by atoms with Crippen LogP contribution in [0, 0.1) is 6.92 Å². The smallest absolute Gasteiger partial charge is 0.276 e. The molecule has 0 aliphatic carbocycles. The molecule has 3 aromatic heterocycles. The summed E-state index contributed by atoms with van der Waals surface area (Å²) in [6.07, 6.45) is 6.07. The molecule has 0 atom stereocenters. The van der Waals surface area contributed by atoms with E-state index < -0.39 is 0 Å². The quantitative estimate of drug-likeness (QED) is 0.551. The summed E-state index contributed by atoms with van der Waals surface area (Å²) in [5, 5.41) is 8.91. The number of ether oxygens (including phenoxy) is 1. The van der Waals surface area contributed by atoms with E-state index >= 15 is 0 Å². The first kappa shape index (κ1) is 20.9. The van der Waals surface area contributed by atoms with Crippen LogP contribution in [0.4, 0.5) is 0 Å². The number of hydrogen-bond acceptors (Lipinski definition) is 8. The lowest BCUT2D eigenvalue weighted by atomic mass is 10.0. The minimum Gasteiger partial charge on any atom is -0.451 e. The Kier molecular flexibility index (Phi) is 5.79. The second-order valence-electron chi connectivity index (χ2n) is 8.39. The zero-order valence-corrected chi connectivity index (χ0v) is 18.5. The number of likely N-dealkylation sites (tertiary alicyclic amines) is 1. The first-order valence-corrected chi connectivity index (χ1v) is 11.1. The van der Waals surface area contributed by atoms with Crippen LogP contribution in [0.1, 0.15) is 45.9 Å². The molecule has 10 nitrogen and oxygen atoms in total. The molecule has 3 aromatic rings. The highest BCUT2D eigenvalue weighted by Gasteiger charge is 2.32. The van der Waals surface area contributed by atoms with Crippen molar-refractivity contribution in [3.05, 3.63) is 40.9 Å². The van der Waals surface area contributed by atoms with E-state index in [0.29, 0.717) is 56.4 Å². The van der Waals surface area contributed by atoms with E-state index in [9.17, 15) is 4.79 Å². The van der Waals surface area contributed by atoms with Crippen LogP contribution in [-0.2, 0) is 30.8 Å². The minimum atomic E-state index is -0.0996. The molecule has 0 radical (unpaired) electrons. The van der Waals surface area contributed by atoms with Gasteiger partial charge in [-0.25, -0.2) is 4.98 Å². The zero-order chi connectivity index (χ0) is 22.1. The molecule has 1 saturated heterocycles. The minimum absolute atomic E-state index is 0.0996. The molecule has 2 aliphatic rings. The normalized spacial score (nSPS) is 16.6. The fourth-order valence-corrected chi connectivity index (χ4v) is 4.62. The van der Waals surface area contributed by atoms with E-state index in [1.807, 2.05) is 16.5 Å². The number of methoxy groups -OCH3 is 1. The summed E-state index contributed by atoms with van der Waals surface area (Å²) in [5.41, 5.74) is 4.84. The van der Waals surface area contributed by atoms with Crippen LogP contribution in [-0.4, -0.2) is 69.0 Å². The molecule has 2 aliphatic heterocycles. The van der Waals surface area contributed by atoms with Gasteiger partial charge in [-0.15, -0.1) is 0 Å². The highest BCUT2D eigenvalue weighted by atomic mass is 16.5. The monoisotopic (exact) mass is 440 g/mol. The van der Waals surface area contributed by atoms with Gasteiger partial charge in [0.1, 0.15) is 23.4 Å². The van der Waals surface area contributed by atoms with Crippen molar-refractivity contribution in [3.8, 4) is 11.4 Å². The van der Waals surface area contributed by atoms with Crippen LogP contribution in [0.15, 0.2) is 21.6 Å². The molecular formula is C22H28N6O4. The van der Waals surface area contributed by atoms with Gasteiger partial charge in [-0.1, -0.05) is 5.16 Å². The van der Waals surface area contributed by atoms with E-state index in [2.05, 4.69) is 15.0 Å². The van der Waals surface area contributed by atoms with E-state index in [1.165, 1.54) is 19.2 Å². The number of hydrogen-bond donors (Lipinski definition) is 0. The number of rotatable bonds is 7. The fourth-order valence-electron chi connectivity index (χ4n) is 4.62. The van der Waals surface area contributed by atoms with E-state index in [-0.39, 0.29) is 5.91 Å². The number of carbonyl (C=O) groups is 1. The fraction of sp³-hybridized carbons (Fsp3) is 0.545. The van der Waals surface area contributed by atoms with Gasteiger partial charge in [-0.2, -0.15) is 5.10 Å². The summed E-state index contributed by atoms with van der Waals surface area (Å²) in [5.74, 6) is 0.617. The second-order valence-corrected chi connectivity index (χ2v) is 8.39. The van der Waals surface area contributed by atoms with Crippen molar-refractivity contribution >= 4 is 5.91 Å². The van der Waals surface area contributed by atoms with Gasteiger partial charge in [0.05, 0.1) is 19.7 Å². The Balaban J connectivity index is 1.42. The average Bonchev–Trinajstić information content (AvgIpc) is 3.60. The zero-order valence-electron chi connectivity index (χ0n) is 18.5. The number of carbonyl (C=O) groups excluding carboxylic acids is 1. The summed E-state index contributed by atoms with van der Waals surface area (Å²) >= 11 is 0. The van der Waals surface area contributed by atoms with Gasteiger partial charge < -0.3 is 18.6 Å². The van der Waals surface area contributed by atoms with E-state index in [1.54, 1.807) is 13.4 Å². The van der Waals surface area contributed by atoms with Crippen LogP contribution >= 0.6 is 0 Å². The third-order valence-corrected chi connectivity index (χ3v) is 6.37. The van der Waals surface area contributed by atoms with Crippen molar-refractivity contribution in [1.82, 2.24) is 29.7 Å². The van der Waals surface area contributed by atoms with Gasteiger partial charge in [0.2, 0.25) is 0 Å². The highest BCUT2D eigenvalue weighted by Crippen LogP contribution is 2.30. The molecule has 10 heteroatoms. The van der Waals surface area contributed by atoms with Crippen LogP contribution in [0.5, 0.6) is 0 Å². The van der Waals surface area contributed by atoms with Crippen molar-refractivity contribution in [2.45, 2.75) is 45.8 Å². The number of aryl methyl sites for hydroxylation is 1. The molecule has 5 heterocycles. The van der Waals surface area contributed by atoms with Crippen molar-refractivity contribution in [1.29, 1.82) is 0 Å². The number of oxazole rings is 1. The lowest BCUT2D eigenvalue weighted by molar-refractivity contribution is 0.0720. The molecule has 0 bridgehead atoms. The molecule has 1 fully saturated rings. The maximum atomic E-state index is 13.5. The maximum Gasteiger partial charge on any atom is 0.276 e. The lowest BCUT2D eigenvalue weighted by Crippen LogP contribution is -2.37. The van der Waals surface area contributed by atoms with Crippen molar-refractivity contribution < 1.29 is 18.5 Å². The van der Waals surface area contributed by atoms with Gasteiger partial charge in [0.25, 0.3) is 5.91 Å². The van der Waals surface area contributed by atoms with Gasteiger partial charge in [0, 0.05) is 43.4 Å². The molecule has 1 amide bonds. The standard InChI is InChI=1S/C22H28N6O4/c1-15-16(11-26-6-3-4-7-26)21(25-32-15)22(29)27-8-5-19-17(12-27)20(18-13-31-14-23-18)24-28(19)9-10-30-2/h13-14H,3-12H2,1-2H3. The molecule has 0 aromatic carbocycles. The third kappa shape index (κ3) is 3.84. The topological polar surface area (TPSA) is 103 Å². The predicted molar refractivity (Wildman–Crippen MR) is 114 cm³/mol. The molecule has 0 unspecified atom stereocenters. The van der Waals surface area contributed by atoms with Crippen LogP contribution in [0.3, 0.4) is 0 Å². The number of amides is 1.